The molecule has 1 fully saturated rings. The Labute approximate surface area is 210 Å². The van der Waals surface area contributed by atoms with Gasteiger partial charge in [0.05, 0.1) is 16.9 Å². The molecule has 0 unspecified atom stereocenters. The van der Waals surface area contributed by atoms with E-state index in [1.807, 2.05) is 79.0 Å². The van der Waals surface area contributed by atoms with E-state index in [1.165, 1.54) is 0 Å². The lowest BCUT2D eigenvalue weighted by Gasteiger charge is -2.42. The van der Waals surface area contributed by atoms with Gasteiger partial charge in [0.15, 0.2) is 0 Å². The summed E-state index contributed by atoms with van der Waals surface area (Å²) in [7, 11) is 0. The van der Waals surface area contributed by atoms with Crippen LogP contribution in [0.1, 0.15) is 29.5 Å². The van der Waals surface area contributed by atoms with E-state index in [0.29, 0.717) is 10.0 Å². The summed E-state index contributed by atoms with van der Waals surface area (Å²) in [6.07, 6.45) is 3.67. The largest absolute Gasteiger partial charge is 0.380 e. The average molecular weight is 492 g/mol. The first kappa shape index (κ1) is 23.1. The fourth-order valence-electron chi connectivity index (χ4n) is 5.13. The summed E-state index contributed by atoms with van der Waals surface area (Å²) in [6, 6.07) is 25.6. The molecular formula is C28H27Cl2N3O. The number of hydrogen-bond acceptors (Lipinski definition) is 3. The maximum Gasteiger partial charge on any atom is 0.117 e. The van der Waals surface area contributed by atoms with E-state index >= 15 is 0 Å². The SMILES string of the molecule is OC(c1ccccc1)(c1ccccc1)C1CCN(Cc2cn[nH]c2-c2ccc(Cl)cc2Cl)CC1. The summed E-state index contributed by atoms with van der Waals surface area (Å²) in [4.78, 5) is 2.42. The Balaban J connectivity index is 1.34. The van der Waals surface area contributed by atoms with Gasteiger partial charge >= 0.3 is 0 Å². The highest BCUT2D eigenvalue weighted by atomic mass is 35.5. The highest BCUT2D eigenvalue weighted by Crippen LogP contribution is 2.42. The summed E-state index contributed by atoms with van der Waals surface area (Å²) in [6.45, 7) is 2.56. The molecule has 1 aliphatic rings. The zero-order valence-corrected chi connectivity index (χ0v) is 20.3. The van der Waals surface area contributed by atoms with Crippen molar-refractivity contribution in [2.75, 3.05) is 13.1 Å². The van der Waals surface area contributed by atoms with E-state index < -0.39 is 5.60 Å². The van der Waals surface area contributed by atoms with Gasteiger partial charge in [-0.1, -0.05) is 83.9 Å². The Hall–Kier alpha value is -2.63. The summed E-state index contributed by atoms with van der Waals surface area (Å²) in [5, 5.41) is 20.7. The highest BCUT2D eigenvalue weighted by Gasteiger charge is 2.41. The molecule has 0 atom stereocenters. The number of halogens is 2. The first-order valence-corrected chi connectivity index (χ1v) is 12.3. The topological polar surface area (TPSA) is 52.1 Å². The van der Waals surface area contributed by atoms with Crippen molar-refractivity contribution < 1.29 is 5.11 Å². The Morgan fingerprint density at radius 1 is 0.912 bits per heavy atom. The second-order valence-electron chi connectivity index (χ2n) is 8.94. The number of likely N-dealkylation sites (tertiary alicyclic amines) is 1. The molecule has 0 amide bonds. The third kappa shape index (κ3) is 4.51. The van der Waals surface area contributed by atoms with E-state index in [1.54, 1.807) is 6.07 Å². The Kier molecular flexibility index (Phi) is 6.75. The number of aromatic amines is 1. The van der Waals surface area contributed by atoms with Crippen molar-refractivity contribution in [2.45, 2.75) is 25.0 Å². The van der Waals surface area contributed by atoms with Crippen LogP contribution >= 0.6 is 23.2 Å². The molecule has 3 aromatic carbocycles. The molecule has 1 saturated heterocycles. The minimum absolute atomic E-state index is 0.128. The first-order chi connectivity index (χ1) is 16.6. The molecule has 1 aromatic heterocycles. The van der Waals surface area contributed by atoms with E-state index in [0.717, 1.165) is 60.4 Å². The molecule has 4 nitrogen and oxygen atoms in total. The standard InChI is InChI=1S/C28H27Cl2N3O/c29-24-11-12-25(26(30)17-24)27-20(18-31-32-27)19-33-15-13-23(14-16-33)28(34,21-7-3-1-4-8-21)22-9-5-2-6-10-22/h1-12,17-18,23,34H,13-16,19H2,(H,31,32). The van der Waals surface area contributed by atoms with Crippen LogP contribution < -0.4 is 0 Å². The van der Waals surface area contributed by atoms with Gasteiger partial charge in [0, 0.05) is 22.7 Å². The van der Waals surface area contributed by atoms with Gasteiger partial charge in [-0.25, -0.2) is 0 Å². The third-order valence-corrected chi connectivity index (χ3v) is 7.47. The molecule has 6 heteroatoms. The molecular weight excluding hydrogens is 465 g/mol. The number of nitrogens with zero attached hydrogens (tertiary/aromatic N) is 2. The van der Waals surface area contributed by atoms with Crippen LogP contribution in [0, 0.1) is 5.92 Å². The molecule has 4 aromatic rings. The number of benzene rings is 3. The second-order valence-corrected chi connectivity index (χ2v) is 9.79. The number of aromatic nitrogens is 2. The van der Waals surface area contributed by atoms with E-state index in [4.69, 9.17) is 23.2 Å². The molecule has 0 radical (unpaired) electrons. The molecule has 5 rings (SSSR count). The maximum absolute atomic E-state index is 12.1. The van der Waals surface area contributed by atoms with Crippen molar-refractivity contribution >= 4 is 23.2 Å². The summed E-state index contributed by atoms with van der Waals surface area (Å²) < 4.78 is 0. The van der Waals surface area contributed by atoms with Crippen LogP contribution in [0.2, 0.25) is 10.0 Å². The predicted octanol–water partition coefficient (Wildman–Crippen LogP) is 6.53. The van der Waals surface area contributed by atoms with Crippen LogP contribution in [-0.2, 0) is 12.1 Å². The molecule has 0 saturated carbocycles. The third-order valence-electron chi connectivity index (χ3n) is 6.92. The van der Waals surface area contributed by atoms with Crippen molar-refractivity contribution in [3.63, 3.8) is 0 Å². The minimum atomic E-state index is -1.01. The van der Waals surface area contributed by atoms with Crippen molar-refractivity contribution in [2.24, 2.45) is 5.92 Å². The molecule has 2 N–H and O–H groups in total. The average Bonchev–Trinajstić information content (AvgIpc) is 3.33. The lowest BCUT2D eigenvalue weighted by Crippen LogP contribution is -2.44. The van der Waals surface area contributed by atoms with Crippen LogP contribution in [0.15, 0.2) is 85.1 Å². The van der Waals surface area contributed by atoms with Gasteiger partial charge in [0.2, 0.25) is 0 Å². The Morgan fingerprint density at radius 2 is 1.53 bits per heavy atom. The number of piperidine rings is 1. The smallest absolute Gasteiger partial charge is 0.117 e. The summed E-state index contributed by atoms with van der Waals surface area (Å²) >= 11 is 12.5. The van der Waals surface area contributed by atoms with Crippen LogP contribution in [0.3, 0.4) is 0 Å². The Bertz CT molecular complexity index is 1200. The van der Waals surface area contributed by atoms with Gasteiger partial charge in [-0.05, 0) is 61.2 Å². The predicted molar refractivity (Wildman–Crippen MR) is 138 cm³/mol. The van der Waals surface area contributed by atoms with E-state index in [2.05, 4.69) is 15.1 Å². The number of aliphatic hydroxyl groups is 1. The lowest BCUT2D eigenvalue weighted by atomic mass is 9.72. The number of hydrogen-bond donors (Lipinski definition) is 2. The maximum atomic E-state index is 12.1. The van der Waals surface area contributed by atoms with Gasteiger partial charge in [0.25, 0.3) is 0 Å². The van der Waals surface area contributed by atoms with E-state index in [9.17, 15) is 5.11 Å². The zero-order valence-electron chi connectivity index (χ0n) is 18.8. The molecule has 0 aliphatic carbocycles. The molecule has 1 aliphatic heterocycles. The first-order valence-electron chi connectivity index (χ1n) is 11.6. The Morgan fingerprint density at radius 3 is 2.12 bits per heavy atom. The fraction of sp³-hybridized carbons (Fsp3) is 0.250. The van der Waals surface area contributed by atoms with Crippen LogP contribution in [-0.4, -0.2) is 33.3 Å². The van der Waals surface area contributed by atoms with Crippen LogP contribution in [0.25, 0.3) is 11.3 Å². The second kappa shape index (κ2) is 9.93. The van der Waals surface area contributed by atoms with Gasteiger partial charge in [-0.2, -0.15) is 5.10 Å². The van der Waals surface area contributed by atoms with E-state index in [-0.39, 0.29) is 5.92 Å². The lowest BCUT2D eigenvalue weighted by molar-refractivity contribution is -0.0152. The van der Waals surface area contributed by atoms with Crippen molar-refractivity contribution in [3.8, 4) is 11.3 Å². The monoisotopic (exact) mass is 491 g/mol. The van der Waals surface area contributed by atoms with Crippen LogP contribution in [0.5, 0.6) is 0 Å². The quantitative estimate of drug-likeness (QED) is 0.322. The summed E-state index contributed by atoms with van der Waals surface area (Å²) in [5.74, 6) is 0.128. The van der Waals surface area contributed by atoms with Crippen molar-refractivity contribution in [1.29, 1.82) is 0 Å². The molecule has 0 spiro atoms. The highest BCUT2D eigenvalue weighted by molar-refractivity contribution is 6.36. The number of nitrogens with one attached hydrogen (secondary N) is 1. The van der Waals surface area contributed by atoms with Crippen molar-refractivity contribution in [1.82, 2.24) is 15.1 Å². The van der Waals surface area contributed by atoms with Crippen LogP contribution in [0.4, 0.5) is 0 Å². The normalized spacial score (nSPS) is 15.5. The van der Waals surface area contributed by atoms with Gasteiger partial charge in [-0.3, -0.25) is 10.00 Å². The fourth-order valence-corrected chi connectivity index (χ4v) is 5.63. The van der Waals surface area contributed by atoms with Gasteiger partial charge in [-0.15, -0.1) is 0 Å². The molecule has 0 bridgehead atoms. The number of rotatable bonds is 6. The molecule has 34 heavy (non-hydrogen) atoms. The number of H-pyrrole nitrogens is 1. The summed E-state index contributed by atoms with van der Waals surface area (Å²) in [5.41, 5.74) is 3.82. The van der Waals surface area contributed by atoms with Gasteiger partial charge < -0.3 is 5.11 Å². The zero-order chi connectivity index (χ0) is 23.5. The molecule has 174 valence electrons. The van der Waals surface area contributed by atoms with Gasteiger partial charge in [0.1, 0.15) is 5.60 Å². The minimum Gasteiger partial charge on any atom is -0.380 e. The van der Waals surface area contributed by atoms with Crippen molar-refractivity contribution in [3.05, 3.63) is 112 Å². The molecule has 2 heterocycles.